The van der Waals surface area contributed by atoms with E-state index in [-0.39, 0.29) is 0 Å². The van der Waals surface area contributed by atoms with Crippen molar-refractivity contribution in [2.75, 3.05) is 6.26 Å². The summed E-state index contributed by atoms with van der Waals surface area (Å²) in [5.41, 5.74) is 2.26. The van der Waals surface area contributed by atoms with Crippen LogP contribution in [0.15, 0.2) is 76.2 Å². The predicted molar refractivity (Wildman–Crippen MR) is 114 cm³/mol. The molecule has 158 valence electrons. The molecule has 0 saturated carbocycles. The summed E-state index contributed by atoms with van der Waals surface area (Å²) in [5, 5.41) is 9.00. The van der Waals surface area contributed by atoms with Crippen molar-refractivity contribution >= 4 is 23.2 Å². The summed E-state index contributed by atoms with van der Waals surface area (Å²) in [6.45, 7) is 0. The molecule has 2 aromatic carbocycles. The molecule has 0 atom stereocenters. The van der Waals surface area contributed by atoms with Crippen molar-refractivity contribution in [2.45, 2.75) is 24.2 Å². The zero-order chi connectivity index (χ0) is 21.8. The van der Waals surface area contributed by atoms with Crippen LogP contribution in [-0.2, 0) is 12.6 Å². The van der Waals surface area contributed by atoms with E-state index in [4.69, 9.17) is 4.74 Å². The third kappa shape index (κ3) is 5.29. The van der Waals surface area contributed by atoms with E-state index >= 15 is 0 Å². The van der Waals surface area contributed by atoms with Gasteiger partial charge in [0.2, 0.25) is 5.88 Å². The molecular formula is C22H17F3N4OS. The smallest absolute Gasteiger partial charge is 0.416 e. The Bertz CT molecular complexity index is 1140. The van der Waals surface area contributed by atoms with Gasteiger partial charge in [0.15, 0.2) is 5.16 Å². The predicted octanol–water partition coefficient (Wildman–Crippen LogP) is 5.80. The molecule has 0 spiro atoms. The Labute approximate surface area is 181 Å². The molecule has 31 heavy (non-hydrogen) atoms. The van der Waals surface area contributed by atoms with Crippen LogP contribution in [0.5, 0.6) is 11.6 Å². The maximum absolute atomic E-state index is 12.9. The Kier molecular flexibility index (Phi) is 6.03. The first kappa shape index (κ1) is 21.0. The van der Waals surface area contributed by atoms with E-state index in [0.717, 1.165) is 29.1 Å². The first-order chi connectivity index (χ1) is 14.9. The lowest BCUT2D eigenvalue weighted by atomic mass is 10.00. The highest BCUT2D eigenvalue weighted by atomic mass is 32.2. The van der Waals surface area contributed by atoms with Crippen LogP contribution in [0, 0.1) is 0 Å². The topological polar surface area (TPSA) is 59.7 Å². The summed E-state index contributed by atoms with van der Waals surface area (Å²) in [7, 11) is 0. The van der Waals surface area contributed by atoms with E-state index < -0.39 is 11.7 Å². The Balaban J connectivity index is 1.38. The molecule has 9 heteroatoms. The molecule has 0 saturated heterocycles. The third-order valence-corrected chi connectivity index (χ3v) is 5.11. The van der Waals surface area contributed by atoms with Gasteiger partial charge in [0.25, 0.3) is 0 Å². The van der Waals surface area contributed by atoms with Crippen molar-refractivity contribution < 1.29 is 17.9 Å². The second-order valence-corrected chi connectivity index (χ2v) is 7.55. The quantitative estimate of drug-likeness (QED) is 0.358. The fraction of sp³-hybridized carbons (Fsp3) is 0.182. The van der Waals surface area contributed by atoms with E-state index in [0.29, 0.717) is 35.2 Å². The number of benzene rings is 2. The lowest BCUT2D eigenvalue weighted by molar-refractivity contribution is -0.137. The molecule has 1 aliphatic heterocycles. The Morgan fingerprint density at radius 3 is 2.58 bits per heavy atom. The molecule has 0 amide bonds. The molecule has 3 aromatic rings. The number of thioether (sulfide) groups is 1. The molecular weight excluding hydrogens is 425 g/mol. The minimum absolute atomic E-state index is 0.323. The van der Waals surface area contributed by atoms with E-state index in [1.807, 2.05) is 30.5 Å². The van der Waals surface area contributed by atoms with Crippen molar-refractivity contribution in [2.24, 2.45) is 10.2 Å². The van der Waals surface area contributed by atoms with Gasteiger partial charge in [-0.3, -0.25) is 0 Å². The van der Waals surface area contributed by atoms with Crippen molar-refractivity contribution in [1.29, 1.82) is 0 Å². The monoisotopic (exact) mass is 442 g/mol. The maximum Gasteiger partial charge on any atom is 0.416 e. The third-order valence-electron chi connectivity index (χ3n) is 4.55. The molecule has 0 radical (unpaired) electrons. The van der Waals surface area contributed by atoms with Crippen LogP contribution in [0.2, 0.25) is 0 Å². The SMILES string of the molecule is CSc1nccc(Oc2ccc(C3=NN=C(Cc4cccc(C(F)(F)F)c4)C3)cc2)n1. The van der Waals surface area contributed by atoms with Gasteiger partial charge in [-0.15, -0.1) is 0 Å². The minimum atomic E-state index is -4.36. The van der Waals surface area contributed by atoms with Crippen molar-refractivity contribution in [3.8, 4) is 11.6 Å². The van der Waals surface area contributed by atoms with E-state index in [9.17, 15) is 13.2 Å². The van der Waals surface area contributed by atoms with Crippen LogP contribution in [-0.4, -0.2) is 27.6 Å². The van der Waals surface area contributed by atoms with Crippen molar-refractivity contribution in [3.05, 3.63) is 77.5 Å². The standard InChI is InChI=1S/C22H17F3N4OS/c1-31-21-26-10-9-20(27-21)30-18-7-5-15(6-8-18)19-13-17(28-29-19)12-14-3-2-4-16(11-14)22(23,24)25/h2-11H,12-13H2,1H3. The largest absolute Gasteiger partial charge is 0.439 e. The number of hydrogen-bond donors (Lipinski definition) is 0. The summed E-state index contributed by atoms with van der Waals surface area (Å²) in [5.74, 6) is 1.08. The highest BCUT2D eigenvalue weighted by Crippen LogP contribution is 2.30. The van der Waals surface area contributed by atoms with Gasteiger partial charge in [-0.2, -0.15) is 28.4 Å². The van der Waals surface area contributed by atoms with Crippen LogP contribution < -0.4 is 4.74 Å². The summed E-state index contributed by atoms with van der Waals surface area (Å²) in [6.07, 6.45) is -0.0244. The van der Waals surface area contributed by atoms with Crippen LogP contribution >= 0.6 is 11.8 Å². The highest BCUT2D eigenvalue weighted by Gasteiger charge is 2.30. The lowest BCUT2D eigenvalue weighted by Crippen LogP contribution is -2.09. The van der Waals surface area contributed by atoms with Crippen LogP contribution in [0.3, 0.4) is 0 Å². The molecule has 1 aromatic heterocycles. The number of aromatic nitrogens is 2. The molecule has 4 rings (SSSR count). The average Bonchev–Trinajstić information content (AvgIpc) is 3.22. The van der Waals surface area contributed by atoms with Gasteiger partial charge in [0.05, 0.1) is 17.0 Å². The van der Waals surface area contributed by atoms with Gasteiger partial charge >= 0.3 is 6.18 Å². The number of hydrogen-bond acceptors (Lipinski definition) is 6. The maximum atomic E-state index is 12.9. The Morgan fingerprint density at radius 1 is 1.03 bits per heavy atom. The molecule has 2 heterocycles. The first-order valence-corrected chi connectivity index (χ1v) is 10.6. The van der Waals surface area contributed by atoms with Gasteiger partial charge in [-0.25, -0.2) is 4.98 Å². The van der Waals surface area contributed by atoms with Crippen LogP contribution in [0.4, 0.5) is 13.2 Å². The normalized spacial score (nSPS) is 13.7. The average molecular weight is 442 g/mol. The zero-order valence-electron chi connectivity index (χ0n) is 16.4. The number of rotatable bonds is 6. The lowest BCUT2D eigenvalue weighted by Gasteiger charge is -2.09. The van der Waals surface area contributed by atoms with Gasteiger partial charge in [0.1, 0.15) is 5.75 Å². The number of ether oxygens (including phenoxy) is 1. The summed E-state index contributed by atoms with van der Waals surface area (Å²) in [6, 6.07) is 14.3. The van der Waals surface area contributed by atoms with Crippen molar-refractivity contribution in [1.82, 2.24) is 9.97 Å². The Hall–Kier alpha value is -3.20. The molecule has 0 N–H and O–H groups in total. The second-order valence-electron chi connectivity index (χ2n) is 6.77. The minimum Gasteiger partial charge on any atom is -0.439 e. The molecule has 1 aliphatic rings. The van der Waals surface area contributed by atoms with Gasteiger partial charge < -0.3 is 4.74 Å². The number of nitrogens with zero attached hydrogens (tertiary/aromatic N) is 4. The zero-order valence-corrected chi connectivity index (χ0v) is 17.2. The summed E-state index contributed by atoms with van der Waals surface area (Å²) in [4.78, 5) is 8.38. The molecule has 0 bridgehead atoms. The molecule has 0 aliphatic carbocycles. The van der Waals surface area contributed by atoms with Gasteiger partial charge in [-0.1, -0.05) is 30.0 Å². The Morgan fingerprint density at radius 2 is 1.84 bits per heavy atom. The van der Waals surface area contributed by atoms with E-state index in [2.05, 4.69) is 20.2 Å². The van der Waals surface area contributed by atoms with Crippen LogP contribution in [0.1, 0.15) is 23.1 Å². The number of halogens is 3. The van der Waals surface area contributed by atoms with Gasteiger partial charge in [0, 0.05) is 25.1 Å². The fourth-order valence-electron chi connectivity index (χ4n) is 3.06. The highest BCUT2D eigenvalue weighted by molar-refractivity contribution is 7.98. The molecule has 0 unspecified atom stereocenters. The van der Waals surface area contributed by atoms with Crippen molar-refractivity contribution in [3.63, 3.8) is 0 Å². The van der Waals surface area contributed by atoms with E-state index in [1.54, 1.807) is 18.3 Å². The van der Waals surface area contributed by atoms with Crippen LogP contribution in [0.25, 0.3) is 0 Å². The summed E-state index contributed by atoms with van der Waals surface area (Å²) >= 11 is 1.43. The fourth-order valence-corrected chi connectivity index (χ4v) is 3.41. The molecule has 0 fully saturated rings. The number of alkyl halides is 3. The van der Waals surface area contributed by atoms with E-state index in [1.165, 1.54) is 17.8 Å². The molecule has 5 nitrogen and oxygen atoms in total. The summed E-state index contributed by atoms with van der Waals surface area (Å²) < 4.78 is 44.5. The first-order valence-electron chi connectivity index (χ1n) is 9.34. The van der Waals surface area contributed by atoms with Gasteiger partial charge in [-0.05, 0) is 47.7 Å². The second kappa shape index (κ2) is 8.89.